The first-order valence-electron chi connectivity index (χ1n) is 6.73. The van der Waals surface area contributed by atoms with Crippen LogP contribution in [0.2, 0.25) is 0 Å². The fourth-order valence-corrected chi connectivity index (χ4v) is 2.57. The Balaban J connectivity index is 2.11. The Kier molecular flexibility index (Phi) is 3.91. The van der Waals surface area contributed by atoms with Crippen molar-refractivity contribution in [2.24, 2.45) is 11.8 Å². The first-order chi connectivity index (χ1) is 8.60. The Morgan fingerprint density at radius 3 is 2.67 bits per heavy atom. The molecule has 3 atom stereocenters. The number of rotatable bonds is 2. The molecule has 0 radical (unpaired) electrons. The lowest BCUT2D eigenvalue weighted by molar-refractivity contribution is 0.0955. The second kappa shape index (κ2) is 5.44. The van der Waals surface area contributed by atoms with Gasteiger partial charge in [-0.25, -0.2) is 0 Å². The molecule has 1 aromatic rings. The van der Waals surface area contributed by atoms with Crippen molar-refractivity contribution in [1.82, 2.24) is 0 Å². The van der Waals surface area contributed by atoms with Crippen LogP contribution in [0.1, 0.15) is 37.3 Å². The summed E-state index contributed by atoms with van der Waals surface area (Å²) in [6, 6.07) is 8.56. The third-order valence-corrected chi connectivity index (χ3v) is 3.99. The maximum absolute atomic E-state index is 9.19. The molecule has 1 aliphatic carbocycles. The van der Waals surface area contributed by atoms with Gasteiger partial charge in [0.15, 0.2) is 0 Å². The zero-order valence-corrected chi connectivity index (χ0v) is 11.4. The van der Waals surface area contributed by atoms with Crippen molar-refractivity contribution in [2.75, 3.05) is 0 Å². The highest BCUT2D eigenvalue weighted by Crippen LogP contribution is 2.32. The van der Waals surface area contributed by atoms with Crippen molar-refractivity contribution in [3.05, 3.63) is 29.3 Å². The van der Waals surface area contributed by atoms with Gasteiger partial charge in [-0.3, -0.25) is 0 Å². The first kappa shape index (κ1) is 13.0. The lowest BCUT2D eigenvalue weighted by Crippen LogP contribution is -2.32. The number of hydrogen-bond donors (Lipinski definition) is 0. The van der Waals surface area contributed by atoms with Crippen LogP contribution in [-0.2, 0) is 0 Å². The summed E-state index contributed by atoms with van der Waals surface area (Å²) >= 11 is 0. The maximum atomic E-state index is 9.19. The van der Waals surface area contributed by atoms with Gasteiger partial charge in [0.05, 0.1) is 12.0 Å². The Hall–Kier alpha value is -1.49. The lowest BCUT2D eigenvalue weighted by atomic mass is 9.81. The highest BCUT2D eigenvalue weighted by Gasteiger charge is 2.30. The van der Waals surface area contributed by atoms with Gasteiger partial charge < -0.3 is 4.74 Å². The van der Waals surface area contributed by atoms with Crippen molar-refractivity contribution in [2.45, 2.75) is 46.1 Å². The van der Waals surface area contributed by atoms with E-state index in [2.05, 4.69) is 39.0 Å². The molecule has 96 valence electrons. The van der Waals surface area contributed by atoms with Gasteiger partial charge in [-0.1, -0.05) is 13.0 Å². The Morgan fingerprint density at radius 2 is 2.00 bits per heavy atom. The summed E-state index contributed by atoms with van der Waals surface area (Å²) in [5.74, 6) is 1.60. The van der Waals surface area contributed by atoms with Gasteiger partial charge in [-0.2, -0.15) is 5.26 Å². The second-order valence-corrected chi connectivity index (χ2v) is 5.56. The third-order valence-electron chi connectivity index (χ3n) is 3.99. The Bertz CT molecular complexity index is 461. The van der Waals surface area contributed by atoms with Gasteiger partial charge in [0.25, 0.3) is 0 Å². The van der Waals surface area contributed by atoms with E-state index in [0.29, 0.717) is 5.92 Å². The molecular formula is C16H21NO. The molecule has 0 aromatic heterocycles. The van der Waals surface area contributed by atoms with Crippen molar-refractivity contribution < 1.29 is 4.74 Å². The number of nitrogens with zero attached hydrogens (tertiary/aromatic N) is 1. The summed E-state index contributed by atoms with van der Waals surface area (Å²) in [6.45, 7) is 6.43. The van der Waals surface area contributed by atoms with Crippen LogP contribution in [0.3, 0.4) is 0 Å². The van der Waals surface area contributed by atoms with E-state index < -0.39 is 0 Å². The number of nitriles is 1. The molecule has 2 nitrogen and oxygen atoms in total. The molecule has 1 aromatic carbocycles. The summed E-state index contributed by atoms with van der Waals surface area (Å²) in [7, 11) is 0. The van der Waals surface area contributed by atoms with Crippen LogP contribution >= 0.6 is 0 Å². The average molecular weight is 243 g/mol. The molecule has 1 saturated carbocycles. The number of ether oxygens (including phenoxy) is 1. The van der Waals surface area contributed by atoms with Crippen LogP contribution < -0.4 is 4.74 Å². The van der Waals surface area contributed by atoms with Crippen LogP contribution in [0.4, 0.5) is 0 Å². The van der Waals surface area contributed by atoms with Crippen molar-refractivity contribution in [1.29, 1.82) is 5.26 Å². The highest BCUT2D eigenvalue weighted by atomic mass is 16.5. The SMILES string of the molecule is Cc1ccc(OC2CC(C)CCC2C#N)cc1C. The van der Waals surface area contributed by atoms with E-state index >= 15 is 0 Å². The van der Waals surface area contributed by atoms with E-state index in [-0.39, 0.29) is 12.0 Å². The van der Waals surface area contributed by atoms with Gasteiger partial charge in [0.2, 0.25) is 0 Å². The minimum Gasteiger partial charge on any atom is -0.489 e. The number of hydrogen-bond acceptors (Lipinski definition) is 2. The largest absolute Gasteiger partial charge is 0.489 e. The smallest absolute Gasteiger partial charge is 0.120 e. The quantitative estimate of drug-likeness (QED) is 0.786. The molecular weight excluding hydrogens is 222 g/mol. The summed E-state index contributed by atoms with van der Waals surface area (Å²) in [6.07, 6.45) is 3.16. The standard InChI is InChI=1S/C16H21NO/c1-11-4-6-14(10-17)16(8-11)18-15-7-5-12(2)13(3)9-15/h5,7,9,11,14,16H,4,6,8H2,1-3H3. The molecule has 18 heavy (non-hydrogen) atoms. The minimum atomic E-state index is 0.0443. The average Bonchev–Trinajstić information content (AvgIpc) is 2.34. The number of benzene rings is 1. The van der Waals surface area contributed by atoms with Crippen LogP contribution in [0, 0.1) is 37.0 Å². The molecule has 1 fully saturated rings. The highest BCUT2D eigenvalue weighted by molar-refractivity contribution is 5.34. The van der Waals surface area contributed by atoms with Gasteiger partial charge in [0.1, 0.15) is 11.9 Å². The Labute approximate surface area is 110 Å². The fourth-order valence-electron chi connectivity index (χ4n) is 2.57. The molecule has 1 aliphatic rings. The summed E-state index contributed by atoms with van der Waals surface area (Å²) < 4.78 is 6.04. The van der Waals surface area contributed by atoms with Gasteiger partial charge in [0, 0.05) is 0 Å². The summed E-state index contributed by atoms with van der Waals surface area (Å²) in [5, 5.41) is 9.19. The van der Waals surface area contributed by atoms with E-state index in [1.165, 1.54) is 11.1 Å². The molecule has 0 heterocycles. The molecule has 0 spiro atoms. The van der Waals surface area contributed by atoms with E-state index in [9.17, 15) is 5.26 Å². The van der Waals surface area contributed by atoms with Crippen molar-refractivity contribution >= 4 is 0 Å². The monoisotopic (exact) mass is 243 g/mol. The molecule has 2 heteroatoms. The van der Waals surface area contributed by atoms with E-state index in [1.54, 1.807) is 0 Å². The van der Waals surface area contributed by atoms with Crippen LogP contribution in [0.15, 0.2) is 18.2 Å². The van der Waals surface area contributed by atoms with Crippen LogP contribution in [0.5, 0.6) is 5.75 Å². The normalized spacial score (nSPS) is 27.6. The molecule has 0 N–H and O–H groups in total. The van der Waals surface area contributed by atoms with Gasteiger partial charge >= 0.3 is 0 Å². The Morgan fingerprint density at radius 1 is 1.22 bits per heavy atom. The lowest BCUT2D eigenvalue weighted by Gasteiger charge is -2.31. The maximum Gasteiger partial charge on any atom is 0.120 e. The fraction of sp³-hybridized carbons (Fsp3) is 0.562. The predicted octanol–water partition coefficient (Wildman–Crippen LogP) is 4.01. The van der Waals surface area contributed by atoms with Gasteiger partial charge in [-0.15, -0.1) is 0 Å². The molecule has 0 bridgehead atoms. The van der Waals surface area contributed by atoms with Crippen molar-refractivity contribution in [3.63, 3.8) is 0 Å². The molecule has 0 amide bonds. The zero-order valence-electron chi connectivity index (χ0n) is 11.4. The van der Waals surface area contributed by atoms with Crippen LogP contribution in [-0.4, -0.2) is 6.10 Å². The summed E-state index contributed by atoms with van der Waals surface area (Å²) in [5.41, 5.74) is 2.51. The minimum absolute atomic E-state index is 0.0443. The van der Waals surface area contributed by atoms with Gasteiger partial charge in [-0.05, 0) is 62.3 Å². The van der Waals surface area contributed by atoms with Crippen LogP contribution in [0.25, 0.3) is 0 Å². The predicted molar refractivity (Wildman–Crippen MR) is 72.5 cm³/mol. The molecule has 3 unspecified atom stereocenters. The third kappa shape index (κ3) is 2.85. The molecule has 0 aliphatic heterocycles. The first-order valence-corrected chi connectivity index (χ1v) is 6.73. The van der Waals surface area contributed by atoms with Crippen molar-refractivity contribution in [3.8, 4) is 11.8 Å². The molecule has 0 saturated heterocycles. The topological polar surface area (TPSA) is 33.0 Å². The van der Waals surface area contributed by atoms with E-state index in [0.717, 1.165) is 25.0 Å². The van der Waals surface area contributed by atoms with E-state index in [1.807, 2.05) is 6.07 Å². The van der Waals surface area contributed by atoms with E-state index in [4.69, 9.17) is 4.74 Å². The second-order valence-electron chi connectivity index (χ2n) is 5.56. The number of aryl methyl sites for hydroxylation is 2. The summed E-state index contributed by atoms with van der Waals surface area (Å²) in [4.78, 5) is 0. The molecule has 2 rings (SSSR count). The zero-order chi connectivity index (χ0) is 13.1.